The third-order valence-corrected chi connectivity index (χ3v) is 13.7. The van der Waals surface area contributed by atoms with Crippen molar-refractivity contribution in [1.82, 2.24) is 5.32 Å². The highest BCUT2D eigenvalue weighted by atomic mass is 16.5. The minimum atomic E-state index is -0.689. The van der Waals surface area contributed by atoms with Crippen LogP contribution in [-0.2, 0) is 14.3 Å². The molecule has 6 heteroatoms. The Kier molecular flexibility index (Phi) is 55.0. The Morgan fingerprint density at radius 2 is 0.746 bits per heavy atom. The number of hydrogen-bond donors (Lipinski definition) is 3. The van der Waals surface area contributed by atoms with Gasteiger partial charge in [-0.2, -0.15) is 0 Å². The van der Waals surface area contributed by atoms with Crippen molar-refractivity contribution in [2.75, 3.05) is 13.2 Å². The summed E-state index contributed by atoms with van der Waals surface area (Å²) in [5, 5.41) is 23.3. The number of unbranched alkanes of at least 4 members (excludes halogenated alkanes) is 38. The molecule has 0 aliphatic carbocycles. The first-order valence-electron chi connectivity index (χ1n) is 29.7. The van der Waals surface area contributed by atoms with Gasteiger partial charge in [0.2, 0.25) is 5.91 Å². The second kappa shape index (κ2) is 56.7. The van der Waals surface area contributed by atoms with Crippen molar-refractivity contribution in [3.63, 3.8) is 0 Å². The Morgan fingerprint density at radius 1 is 0.418 bits per heavy atom. The average Bonchev–Trinajstić information content (AvgIpc) is 3.33. The van der Waals surface area contributed by atoms with Gasteiger partial charge in [-0.3, -0.25) is 9.59 Å². The molecule has 0 spiro atoms. The maximum absolute atomic E-state index is 12.5. The third kappa shape index (κ3) is 53.3. The van der Waals surface area contributed by atoms with Gasteiger partial charge in [0, 0.05) is 12.8 Å². The molecule has 1 amide bonds. The van der Waals surface area contributed by atoms with Crippen LogP contribution in [0.25, 0.3) is 0 Å². The van der Waals surface area contributed by atoms with Crippen LogP contribution in [0.1, 0.15) is 316 Å². The smallest absolute Gasteiger partial charge is 0.305 e. The Morgan fingerprint density at radius 3 is 1.18 bits per heavy atom. The molecule has 0 rings (SSSR count). The fraction of sp³-hybridized carbons (Fsp3) is 0.869. The van der Waals surface area contributed by atoms with Gasteiger partial charge in [0.05, 0.1) is 25.4 Å². The van der Waals surface area contributed by atoms with Gasteiger partial charge in [-0.1, -0.05) is 256 Å². The quantitative estimate of drug-likeness (QED) is 0.0321. The summed E-state index contributed by atoms with van der Waals surface area (Å²) in [4.78, 5) is 24.5. The van der Waals surface area contributed by atoms with Gasteiger partial charge in [-0.15, -0.1) is 0 Å². The van der Waals surface area contributed by atoms with Crippen molar-refractivity contribution in [3.05, 3.63) is 36.5 Å². The summed E-state index contributed by atoms with van der Waals surface area (Å²) >= 11 is 0. The molecule has 0 aliphatic rings. The van der Waals surface area contributed by atoms with Crippen molar-refractivity contribution in [3.8, 4) is 0 Å². The molecule has 0 saturated carbocycles. The van der Waals surface area contributed by atoms with E-state index < -0.39 is 12.1 Å². The van der Waals surface area contributed by atoms with Crippen LogP contribution in [0.4, 0.5) is 0 Å². The van der Waals surface area contributed by atoms with E-state index in [9.17, 15) is 19.8 Å². The zero-order chi connectivity index (χ0) is 48.6. The van der Waals surface area contributed by atoms with Crippen LogP contribution < -0.4 is 5.32 Å². The van der Waals surface area contributed by atoms with E-state index in [-0.39, 0.29) is 18.5 Å². The number of hydrogen-bond acceptors (Lipinski definition) is 5. The highest BCUT2D eigenvalue weighted by Crippen LogP contribution is 2.17. The number of allylic oxidation sites excluding steroid dienone is 6. The van der Waals surface area contributed by atoms with Crippen LogP contribution in [-0.4, -0.2) is 47.4 Å². The van der Waals surface area contributed by atoms with E-state index in [1.54, 1.807) is 0 Å². The highest BCUT2D eigenvalue weighted by Gasteiger charge is 2.20. The predicted molar refractivity (Wildman–Crippen MR) is 292 cm³/mol. The van der Waals surface area contributed by atoms with Gasteiger partial charge in [0.15, 0.2) is 0 Å². The average molecular weight is 943 g/mol. The van der Waals surface area contributed by atoms with E-state index >= 15 is 0 Å². The Labute approximate surface area is 417 Å². The molecule has 0 heterocycles. The zero-order valence-corrected chi connectivity index (χ0v) is 44.9. The van der Waals surface area contributed by atoms with Crippen LogP contribution in [0.3, 0.4) is 0 Å². The van der Waals surface area contributed by atoms with Crippen LogP contribution in [0.15, 0.2) is 36.5 Å². The number of ether oxygens (including phenoxy) is 1. The summed E-state index contributed by atoms with van der Waals surface area (Å²) in [7, 11) is 0. The van der Waals surface area contributed by atoms with Crippen molar-refractivity contribution in [2.45, 2.75) is 328 Å². The lowest BCUT2D eigenvalue weighted by atomic mass is 10.0. The monoisotopic (exact) mass is 942 g/mol. The second-order valence-corrected chi connectivity index (χ2v) is 20.3. The normalized spacial score (nSPS) is 12.8. The number of aliphatic hydroxyl groups excluding tert-OH is 2. The number of amides is 1. The topological polar surface area (TPSA) is 95.9 Å². The molecule has 0 aromatic rings. The van der Waals surface area contributed by atoms with Gasteiger partial charge in [0.1, 0.15) is 0 Å². The minimum Gasteiger partial charge on any atom is -0.466 e. The molecule has 2 unspecified atom stereocenters. The number of esters is 1. The number of carbonyl (C=O) groups excluding carboxylic acids is 2. The maximum Gasteiger partial charge on any atom is 0.305 e. The van der Waals surface area contributed by atoms with Gasteiger partial charge in [0.25, 0.3) is 0 Å². The Hall–Kier alpha value is -1.92. The van der Waals surface area contributed by atoms with Gasteiger partial charge in [-0.05, 0) is 83.5 Å². The summed E-state index contributed by atoms with van der Waals surface area (Å²) in [6.45, 7) is 4.85. The lowest BCUT2D eigenvalue weighted by Gasteiger charge is -2.22. The van der Waals surface area contributed by atoms with Crippen LogP contribution in [0, 0.1) is 0 Å². The fourth-order valence-corrected chi connectivity index (χ4v) is 9.08. The lowest BCUT2D eigenvalue weighted by molar-refractivity contribution is -0.143. The van der Waals surface area contributed by atoms with E-state index in [1.165, 1.54) is 193 Å². The molecule has 0 saturated heterocycles. The van der Waals surface area contributed by atoms with E-state index in [0.29, 0.717) is 25.9 Å². The summed E-state index contributed by atoms with van der Waals surface area (Å²) < 4.78 is 5.43. The predicted octanol–water partition coefficient (Wildman–Crippen LogP) is 18.4. The van der Waals surface area contributed by atoms with Crippen molar-refractivity contribution in [2.24, 2.45) is 0 Å². The van der Waals surface area contributed by atoms with Crippen LogP contribution in [0.5, 0.6) is 0 Å². The summed E-state index contributed by atoms with van der Waals surface area (Å²) in [6, 6.07) is -0.570. The lowest BCUT2D eigenvalue weighted by Crippen LogP contribution is -2.45. The molecular weight excluding hydrogens is 827 g/mol. The Bertz CT molecular complexity index is 1090. The van der Waals surface area contributed by atoms with Crippen molar-refractivity contribution < 1.29 is 24.5 Å². The van der Waals surface area contributed by atoms with E-state index in [2.05, 4.69) is 55.6 Å². The van der Waals surface area contributed by atoms with Crippen molar-refractivity contribution >= 4 is 11.9 Å². The number of aliphatic hydroxyl groups is 2. The highest BCUT2D eigenvalue weighted by molar-refractivity contribution is 5.76. The standard InChI is InChI=1S/C61H115NO5/c1-3-5-7-9-11-13-15-17-19-20-21-22-23-24-25-26-27-28-30-31-33-37-41-45-49-53-59(64)58(57-63)62-60(65)54-50-46-42-38-35-36-40-44-48-52-56-67-61(66)55-51-47-43-39-34-32-29-18-16-14-12-10-8-6-4-2/h12,14,18,29,36,40,58-59,63-64H,3-11,13,15-17,19-28,30-35,37-39,41-57H2,1-2H3,(H,62,65)/b14-12-,29-18-,40-36-. The molecule has 6 nitrogen and oxygen atoms in total. The molecule has 0 bridgehead atoms. The van der Waals surface area contributed by atoms with E-state index in [0.717, 1.165) is 89.9 Å². The fourth-order valence-electron chi connectivity index (χ4n) is 9.08. The molecule has 0 aliphatic heterocycles. The summed E-state index contributed by atoms with van der Waals surface area (Å²) in [5.41, 5.74) is 0. The third-order valence-electron chi connectivity index (χ3n) is 13.7. The summed E-state index contributed by atoms with van der Waals surface area (Å²) in [6.07, 6.45) is 70.0. The second-order valence-electron chi connectivity index (χ2n) is 20.3. The first-order chi connectivity index (χ1) is 33.0. The molecule has 0 aromatic carbocycles. The van der Waals surface area contributed by atoms with Crippen molar-refractivity contribution in [1.29, 1.82) is 0 Å². The number of rotatable bonds is 55. The van der Waals surface area contributed by atoms with Gasteiger partial charge in [-0.25, -0.2) is 0 Å². The number of carbonyl (C=O) groups is 2. The molecule has 3 N–H and O–H groups in total. The Balaban J connectivity index is 3.51. The molecule has 0 fully saturated rings. The molecule has 67 heavy (non-hydrogen) atoms. The van der Waals surface area contributed by atoms with Gasteiger partial charge < -0.3 is 20.3 Å². The maximum atomic E-state index is 12.5. The summed E-state index contributed by atoms with van der Waals surface area (Å²) in [5.74, 6) is -0.119. The first kappa shape index (κ1) is 65.1. The van der Waals surface area contributed by atoms with Crippen LogP contribution in [0.2, 0.25) is 0 Å². The molecule has 394 valence electrons. The van der Waals surface area contributed by atoms with E-state index in [1.807, 2.05) is 0 Å². The van der Waals surface area contributed by atoms with Gasteiger partial charge >= 0.3 is 5.97 Å². The molecule has 2 atom stereocenters. The largest absolute Gasteiger partial charge is 0.466 e. The van der Waals surface area contributed by atoms with Crippen LogP contribution >= 0.6 is 0 Å². The molecule has 0 radical (unpaired) electrons. The molecule has 0 aromatic heterocycles. The zero-order valence-electron chi connectivity index (χ0n) is 44.9. The molecular formula is C61H115NO5. The first-order valence-corrected chi connectivity index (χ1v) is 29.7. The number of nitrogens with one attached hydrogen (secondary N) is 1. The minimum absolute atomic E-state index is 0.0497. The SMILES string of the molecule is CCCCC/C=C\C/C=C\CCCCCCCC(=O)OCCCC/C=C\CCCCCCC(=O)NC(CO)C(O)CCCCCCCCCCCCCCCCCCCCCCCCCCC. The van der Waals surface area contributed by atoms with E-state index in [4.69, 9.17) is 4.74 Å².